The van der Waals surface area contributed by atoms with Gasteiger partial charge in [0.25, 0.3) is 5.91 Å². The summed E-state index contributed by atoms with van der Waals surface area (Å²) >= 11 is 0. The van der Waals surface area contributed by atoms with E-state index in [2.05, 4.69) is 17.3 Å². The number of carboxylic acid groups (broad SMARTS) is 1. The third-order valence-electron chi connectivity index (χ3n) is 5.94. The molecule has 0 spiro atoms. The van der Waals surface area contributed by atoms with Gasteiger partial charge in [0, 0.05) is 50.6 Å². The summed E-state index contributed by atoms with van der Waals surface area (Å²) in [5.74, 6) is 0.0577. The molecule has 1 aromatic rings. The highest BCUT2D eigenvalue weighted by molar-refractivity contribution is 5.96. The van der Waals surface area contributed by atoms with Crippen molar-refractivity contribution >= 4 is 17.7 Å². The lowest BCUT2D eigenvalue weighted by Crippen LogP contribution is -2.47. The zero-order valence-electron chi connectivity index (χ0n) is 16.3. The molecule has 0 bridgehead atoms. The van der Waals surface area contributed by atoms with Crippen molar-refractivity contribution in [2.75, 3.05) is 58.3 Å². The van der Waals surface area contributed by atoms with Crippen LogP contribution >= 0.6 is 0 Å². The average Bonchev–Trinajstić information content (AvgIpc) is 3.20. The quantitative estimate of drug-likeness (QED) is 0.812. The molecule has 0 aliphatic carbocycles. The van der Waals surface area contributed by atoms with E-state index in [1.54, 1.807) is 0 Å². The zero-order valence-corrected chi connectivity index (χ0v) is 16.3. The molecule has 3 aliphatic rings. The Morgan fingerprint density at radius 1 is 1.14 bits per heavy atom. The molecule has 8 heteroatoms. The summed E-state index contributed by atoms with van der Waals surface area (Å²) in [5.41, 5.74) is 3.61. The number of carbonyl (C=O) groups is 2. The summed E-state index contributed by atoms with van der Waals surface area (Å²) in [5, 5.41) is 12.9. The van der Waals surface area contributed by atoms with Crippen LogP contribution in [0.15, 0.2) is 12.1 Å². The molecule has 4 rings (SSSR count). The van der Waals surface area contributed by atoms with Crippen molar-refractivity contribution < 1.29 is 19.4 Å². The van der Waals surface area contributed by atoms with Crippen molar-refractivity contribution in [3.63, 3.8) is 0 Å². The van der Waals surface area contributed by atoms with Gasteiger partial charge in [-0.3, -0.25) is 4.79 Å². The van der Waals surface area contributed by atoms with Crippen LogP contribution in [0, 0.1) is 0 Å². The monoisotopic (exact) mass is 388 g/mol. The van der Waals surface area contributed by atoms with E-state index < -0.39 is 6.09 Å². The van der Waals surface area contributed by atoms with Crippen molar-refractivity contribution in [1.82, 2.24) is 14.7 Å². The second-order valence-corrected chi connectivity index (χ2v) is 7.92. The predicted molar refractivity (Wildman–Crippen MR) is 105 cm³/mol. The van der Waals surface area contributed by atoms with E-state index in [0.29, 0.717) is 31.7 Å². The van der Waals surface area contributed by atoms with Gasteiger partial charge in [-0.05, 0) is 43.1 Å². The first-order chi connectivity index (χ1) is 13.5. The minimum Gasteiger partial charge on any atom is -0.465 e. The first kappa shape index (κ1) is 19.0. The topological polar surface area (TPSA) is 85.4 Å². The van der Waals surface area contributed by atoms with Crippen molar-refractivity contribution in [3.8, 4) is 0 Å². The number of likely N-dealkylation sites (N-methyl/N-ethyl adjacent to an activating group) is 1. The molecule has 2 saturated heterocycles. The van der Waals surface area contributed by atoms with Crippen LogP contribution in [0.25, 0.3) is 0 Å². The number of ether oxygens (including phenoxy) is 1. The minimum absolute atomic E-state index is 0.0577. The highest BCUT2D eigenvalue weighted by Crippen LogP contribution is 2.30. The maximum absolute atomic E-state index is 13.1. The van der Waals surface area contributed by atoms with Crippen molar-refractivity contribution in [2.45, 2.75) is 25.4 Å². The number of piperazine rings is 1. The summed E-state index contributed by atoms with van der Waals surface area (Å²) in [7, 11) is 2.07. The van der Waals surface area contributed by atoms with Crippen molar-refractivity contribution in [2.24, 2.45) is 0 Å². The number of hydrogen-bond acceptors (Lipinski definition) is 5. The molecular formula is C20H28N4O4. The maximum Gasteiger partial charge on any atom is 0.407 e. The zero-order chi connectivity index (χ0) is 19.7. The lowest BCUT2D eigenvalue weighted by Gasteiger charge is -2.33. The Morgan fingerprint density at radius 3 is 2.61 bits per heavy atom. The molecular weight excluding hydrogens is 360 g/mol. The Hall–Kier alpha value is -2.32. The van der Waals surface area contributed by atoms with E-state index in [9.17, 15) is 14.7 Å². The van der Waals surface area contributed by atoms with Gasteiger partial charge in [0.2, 0.25) is 0 Å². The lowest BCUT2D eigenvalue weighted by atomic mass is 9.94. The summed E-state index contributed by atoms with van der Waals surface area (Å²) in [4.78, 5) is 30.1. The molecule has 1 aromatic carbocycles. The lowest BCUT2D eigenvalue weighted by molar-refractivity contribution is 0.0663. The van der Waals surface area contributed by atoms with Gasteiger partial charge >= 0.3 is 6.09 Å². The van der Waals surface area contributed by atoms with Gasteiger partial charge in [0.05, 0.1) is 19.2 Å². The smallest absolute Gasteiger partial charge is 0.407 e. The van der Waals surface area contributed by atoms with E-state index in [0.717, 1.165) is 56.0 Å². The Labute approximate surface area is 165 Å². The number of fused-ring (bicyclic) bond motifs is 1. The number of amides is 2. The minimum atomic E-state index is -0.904. The molecule has 8 nitrogen and oxygen atoms in total. The second kappa shape index (κ2) is 7.97. The largest absolute Gasteiger partial charge is 0.465 e. The number of anilines is 1. The third kappa shape index (κ3) is 3.93. The van der Waals surface area contributed by atoms with Crippen LogP contribution in [0.2, 0.25) is 0 Å². The molecule has 0 radical (unpaired) electrons. The van der Waals surface area contributed by atoms with Gasteiger partial charge in [-0.2, -0.15) is 0 Å². The summed E-state index contributed by atoms with van der Waals surface area (Å²) in [6.07, 6.45) is 0.633. The normalized spacial score (nSPS) is 22.8. The standard InChI is InChI=1S/C20H28N4O4/c1-22-5-7-23(8-6-22)19(25)15-10-14-2-4-24(20(26)27)12-17(14)18(11-15)21-16-3-9-28-13-16/h10-11,16,21H,2-9,12-13H2,1H3,(H,26,27)/t16-/m0/s1. The summed E-state index contributed by atoms with van der Waals surface area (Å²) < 4.78 is 5.47. The fourth-order valence-electron chi connectivity index (χ4n) is 4.14. The number of rotatable bonds is 3. The maximum atomic E-state index is 13.1. The number of nitrogens with one attached hydrogen (secondary N) is 1. The second-order valence-electron chi connectivity index (χ2n) is 7.92. The SMILES string of the molecule is CN1CCN(C(=O)c2cc3c(c(N[C@H]4CCOC4)c2)CN(C(=O)O)CC3)CC1. The van der Waals surface area contributed by atoms with Crippen LogP contribution < -0.4 is 5.32 Å². The van der Waals surface area contributed by atoms with Crippen LogP contribution in [-0.4, -0.2) is 90.8 Å². The van der Waals surface area contributed by atoms with Gasteiger partial charge in [0.15, 0.2) is 0 Å². The highest BCUT2D eigenvalue weighted by Gasteiger charge is 2.28. The molecule has 28 heavy (non-hydrogen) atoms. The molecule has 2 N–H and O–H groups in total. The Morgan fingerprint density at radius 2 is 1.93 bits per heavy atom. The molecule has 0 unspecified atom stereocenters. The van der Waals surface area contributed by atoms with Gasteiger partial charge in [-0.15, -0.1) is 0 Å². The average molecular weight is 388 g/mol. The van der Waals surface area contributed by atoms with Crippen molar-refractivity contribution in [1.29, 1.82) is 0 Å². The molecule has 1 atom stereocenters. The van der Waals surface area contributed by atoms with Crippen LogP contribution in [0.4, 0.5) is 10.5 Å². The molecule has 2 fully saturated rings. The van der Waals surface area contributed by atoms with Gasteiger partial charge in [0.1, 0.15) is 0 Å². The highest BCUT2D eigenvalue weighted by atomic mass is 16.5. The molecule has 0 aromatic heterocycles. The van der Waals surface area contributed by atoms with Gasteiger partial charge in [-0.1, -0.05) is 0 Å². The number of hydrogen-bond donors (Lipinski definition) is 2. The first-order valence-corrected chi connectivity index (χ1v) is 9.97. The van der Waals surface area contributed by atoms with Crippen molar-refractivity contribution in [3.05, 3.63) is 28.8 Å². The van der Waals surface area contributed by atoms with E-state index in [4.69, 9.17) is 4.74 Å². The fraction of sp³-hybridized carbons (Fsp3) is 0.600. The third-order valence-corrected chi connectivity index (χ3v) is 5.94. The Kier molecular flexibility index (Phi) is 5.41. The van der Waals surface area contributed by atoms with E-state index in [-0.39, 0.29) is 11.9 Å². The molecule has 0 saturated carbocycles. The van der Waals surface area contributed by atoms with Crippen LogP contribution in [0.3, 0.4) is 0 Å². The van der Waals surface area contributed by atoms with Gasteiger partial charge in [-0.25, -0.2) is 4.79 Å². The van der Waals surface area contributed by atoms with E-state index in [1.165, 1.54) is 4.90 Å². The summed E-state index contributed by atoms with van der Waals surface area (Å²) in [6, 6.07) is 4.06. The molecule has 152 valence electrons. The molecule has 2 amide bonds. The number of carbonyl (C=O) groups excluding carboxylic acids is 1. The summed E-state index contributed by atoms with van der Waals surface area (Å²) in [6.45, 7) is 5.40. The van der Waals surface area contributed by atoms with Crippen LogP contribution in [0.1, 0.15) is 27.9 Å². The number of nitrogens with zero attached hydrogens (tertiary/aromatic N) is 3. The van der Waals surface area contributed by atoms with E-state index in [1.807, 2.05) is 17.0 Å². The predicted octanol–water partition coefficient (Wildman–Crippen LogP) is 1.31. The number of benzene rings is 1. The van der Waals surface area contributed by atoms with Crippen LogP contribution in [0.5, 0.6) is 0 Å². The molecule has 3 heterocycles. The Bertz CT molecular complexity index is 755. The van der Waals surface area contributed by atoms with Gasteiger partial charge < -0.3 is 29.9 Å². The molecule has 3 aliphatic heterocycles. The fourth-order valence-corrected chi connectivity index (χ4v) is 4.14. The van der Waals surface area contributed by atoms with E-state index >= 15 is 0 Å². The van der Waals surface area contributed by atoms with Crippen LogP contribution in [-0.2, 0) is 17.7 Å². The first-order valence-electron chi connectivity index (χ1n) is 9.97. The Balaban J connectivity index is 1.62.